The van der Waals surface area contributed by atoms with Crippen molar-refractivity contribution in [2.75, 3.05) is 49.8 Å². The molecule has 1 fully saturated rings. The van der Waals surface area contributed by atoms with Gasteiger partial charge in [-0.3, -0.25) is 9.48 Å². The molecule has 10 heteroatoms. The molecule has 5 rings (SSSR count). The highest BCUT2D eigenvalue weighted by Crippen LogP contribution is 2.39. The highest BCUT2D eigenvalue weighted by Gasteiger charge is 2.25. The number of piperidine rings is 1. The van der Waals surface area contributed by atoms with Crippen LogP contribution in [0.4, 0.5) is 22.9 Å². The highest BCUT2D eigenvalue weighted by molar-refractivity contribution is 6.02. The second kappa shape index (κ2) is 11.1. The Morgan fingerprint density at radius 2 is 2.03 bits per heavy atom. The van der Waals surface area contributed by atoms with Gasteiger partial charge in [-0.1, -0.05) is 12.6 Å². The van der Waals surface area contributed by atoms with Crippen LogP contribution in [0.25, 0.3) is 22.2 Å². The van der Waals surface area contributed by atoms with Crippen molar-refractivity contribution in [1.82, 2.24) is 24.6 Å². The maximum Gasteiger partial charge on any atom is 0.247 e. The van der Waals surface area contributed by atoms with E-state index in [-0.39, 0.29) is 5.91 Å². The molecule has 0 bridgehead atoms. The Morgan fingerprint density at radius 1 is 1.18 bits per heavy atom. The lowest BCUT2D eigenvalue weighted by Crippen LogP contribution is -2.45. The number of rotatable bonds is 8. The van der Waals surface area contributed by atoms with Gasteiger partial charge in [-0.2, -0.15) is 5.10 Å². The Bertz CT molecular complexity index is 1510. The van der Waals surface area contributed by atoms with Crippen molar-refractivity contribution in [3.8, 4) is 17.0 Å². The van der Waals surface area contributed by atoms with Crippen LogP contribution in [0.5, 0.6) is 5.75 Å². The molecule has 202 valence electrons. The maximum atomic E-state index is 12.4. The molecule has 0 aliphatic carbocycles. The van der Waals surface area contributed by atoms with E-state index in [2.05, 4.69) is 62.2 Å². The average Bonchev–Trinajstić information content (AvgIpc) is 3.32. The molecule has 0 radical (unpaired) electrons. The van der Waals surface area contributed by atoms with Crippen LogP contribution in [0.2, 0.25) is 0 Å². The van der Waals surface area contributed by atoms with Crippen molar-refractivity contribution in [3.05, 3.63) is 61.6 Å². The van der Waals surface area contributed by atoms with Crippen LogP contribution in [0.3, 0.4) is 0 Å². The highest BCUT2D eigenvalue weighted by atomic mass is 16.5. The van der Waals surface area contributed by atoms with Gasteiger partial charge < -0.3 is 25.2 Å². The summed E-state index contributed by atoms with van der Waals surface area (Å²) in [6.45, 7) is 5.66. The molecule has 1 aliphatic rings. The standard InChI is InChI=1S/C29H34N8O2/c1-6-29(38)34-23-13-24(27(39-5)15-26(23)36(3)21-8-7-11-35(2)17-21)33-28-14-22(30-18-31-28)19-9-10-25-20(12-19)16-32-37(25)4/h6,9-10,12-16,18,21H,1,7-8,11,17H2,2-5H3,(H,34,38)(H,30,31,33). The van der Waals surface area contributed by atoms with Gasteiger partial charge in [-0.15, -0.1) is 0 Å². The minimum Gasteiger partial charge on any atom is -0.494 e. The Balaban J connectivity index is 1.48. The Hall–Kier alpha value is -4.44. The van der Waals surface area contributed by atoms with Crippen molar-refractivity contribution in [2.24, 2.45) is 7.05 Å². The number of likely N-dealkylation sites (N-methyl/N-ethyl adjacent to an activating group) is 2. The first-order valence-electron chi connectivity index (χ1n) is 12.9. The summed E-state index contributed by atoms with van der Waals surface area (Å²) in [7, 11) is 7.75. The number of amides is 1. The number of carbonyl (C=O) groups excluding carboxylic acids is 1. The summed E-state index contributed by atoms with van der Waals surface area (Å²) in [5.41, 5.74) is 4.99. The average molecular weight is 527 g/mol. The van der Waals surface area contributed by atoms with E-state index in [0.717, 1.165) is 53.8 Å². The lowest BCUT2D eigenvalue weighted by Gasteiger charge is -2.38. The number of fused-ring (bicyclic) bond motifs is 1. The third-order valence-electron chi connectivity index (χ3n) is 7.26. The van der Waals surface area contributed by atoms with Gasteiger partial charge in [0, 0.05) is 49.8 Å². The summed E-state index contributed by atoms with van der Waals surface area (Å²) in [4.78, 5) is 25.8. The number of ether oxygens (including phenoxy) is 1. The van der Waals surface area contributed by atoms with E-state index in [9.17, 15) is 4.79 Å². The first-order valence-corrected chi connectivity index (χ1v) is 12.9. The fraction of sp³-hybridized carbons (Fsp3) is 0.310. The van der Waals surface area contributed by atoms with Crippen molar-refractivity contribution in [2.45, 2.75) is 18.9 Å². The molecule has 2 N–H and O–H groups in total. The van der Waals surface area contributed by atoms with Gasteiger partial charge in [0.25, 0.3) is 0 Å². The van der Waals surface area contributed by atoms with Crippen LogP contribution in [0.1, 0.15) is 12.8 Å². The van der Waals surface area contributed by atoms with E-state index >= 15 is 0 Å². The lowest BCUT2D eigenvalue weighted by atomic mass is 10.0. The molecule has 1 aliphatic heterocycles. The zero-order chi connectivity index (χ0) is 27.5. The summed E-state index contributed by atoms with van der Waals surface area (Å²) in [6.07, 6.45) is 6.84. The first kappa shape index (κ1) is 26.2. The second-order valence-corrected chi connectivity index (χ2v) is 9.89. The number of likely N-dealkylation sites (tertiary alicyclic amines) is 1. The topological polar surface area (TPSA) is 100 Å². The molecule has 10 nitrogen and oxygen atoms in total. The molecule has 1 unspecified atom stereocenters. The Labute approximate surface area is 228 Å². The Kier molecular flexibility index (Phi) is 7.47. The lowest BCUT2D eigenvalue weighted by molar-refractivity contribution is -0.111. The normalized spacial score (nSPS) is 15.6. The number of methoxy groups -OCH3 is 1. The van der Waals surface area contributed by atoms with Gasteiger partial charge in [-0.25, -0.2) is 9.97 Å². The van der Waals surface area contributed by atoms with Crippen molar-refractivity contribution in [1.29, 1.82) is 0 Å². The number of carbonyl (C=O) groups is 1. The van der Waals surface area contributed by atoms with Crippen molar-refractivity contribution >= 4 is 39.7 Å². The van der Waals surface area contributed by atoms with Crippen LogP contribution >= 0.6 is 0 Å². The SMILES string of the molecule is C=CC(=O)Nc1cc(Nc2cc(-c3ccc4c(cnn4C)c3)ncn2)c(OC)cc1N(C)C1CCCN(C)C1. The number of nitrogens with one attached hydrogen (secondary N) is 2. The van der Waals surface area contributed by atoms with Gasteiger partial charge in [0.2, 0.25) is 5.91 Å². The number of nitrogens with zero attached hydrogens (tertiary/aromatic N) is 6. The first-order chi connectivity index (χ1) is 18.9. The molecule has 1 amide bonds. The number of benzene rings is 2. The fourth-order valence-corrected chi connectivity index (χ4v) is 5.11. The van der Waals surface area contributed by atoms with E-state index in [1.807, 2.05) is 48.3 Å². The third kappa shape index (κ3) is 5.56. The number of hydrogen-bond acceptors (Lipinski definition) is 8. The summed E-state index contributed by atoms with van der Waals surface area (Å²) >= 11 is 0. The third-order valence-corrected chi connectivity index (χ3v) is 7.26. The monoisotopic (exact) mass is 526 g/mol. The zero-order valence-electron chi connectivity index (χ0n) is 22.8. The number of hydrogen-bond donors (Lipinski definition) is 2. The minimum absolute atomic E-state index is 0.281. The molecule has 4 aromatic rings. The smallest absolute Gasteiger partial charge is 0.247 e. The van der Waals surface area contributed by atoms with E-state index in [1.165, 1.54) is 12.4 Å². The van der Waals surface area contributed by atoms with Crippen molar-refractivity contribution < 1.29 is 9.53 Å². The molecule has 1 atom stereocenters. The molecule has 0 spiro atoms. The van der Waals surface area contributed by atoms with Crippen LogP contribution < -0.4 is 20.3 Å². The maximum absolute atomic E-state index is 12.4. The molecule has 3 heterocycles. The molecule has 1 saturated heterocycles. The van der Waals surface area contributed by atoms with Crippen LogP contribution in [0, 0.1) is 0 Å². The fourth-order valence-electron chi connectivity index (χ4n) is 5.11. The predicted molar refractivity (Wildman–Crippen MR) is 156 cm³/mol. The molecule has 39 heavy (non-hydrogen) atoms. The van der Waals surface area contributed by atoms with E-state index in [0.29, 0.717) is 29.0 Å². The van der Waals surface area contributed by atoms with E-state index in [1.54, 1.807) is 7.11 Å². The molecule has 2 aromatic heterocycles. The molecular formula is C29H34N8O2. The Morgan fingerprint density at radius 3 is 2.79 bits per heavy atom. The number of aromatic nitrogens is 4. The quantitative estimate of drug-likeness (QED) is 0.325. The zero-order valence-corrected chi connectivity index (χ0v) is 22.8. The number of aryl methyl sites for hydroxylation is 1. The largest absolute Gasteiger partial charge is 0.494 e. The van der Waals surface area contributed by atoms with E-state index in [4.69, 9.17) is 4.74 Å². The van der Waals surface area contributed by atoms with Crippen LogP contribution in [-0.2, 0) is 11.8 Å². The van der Waals surface area contributed by atoms with Crippen LogP contribution in [-0.4, -0.2) is 70.9 Å². The van der Waals surface area contributed by atoms with E-state index < -0.39 is 0 Å². The van der Waals surface area contributed by atoms with Gasteiger partial charge in [-0.05, 0) is 50.7 Å². The molecular weight excluding hydrogens is 492 g/mol. The van der Waals surface area contributed by atoms with Gasteiger partial charge in [0.1, 0.15) is 17.9 Å². The second-order valence-electron chi connectivity index (χ2n) is 9.89. The van der Waals surface area contributed by atoms with Gasteiger partial charge in [0.15, 0.2) is 0 Å². The van der Waals surface area contributed by atoms with Gasteiger partial charge >= 0.3 is 0 Å². The van der Waals surface area contributed by atoms with Crippen LogP contribution in [0.15, 0.2) is 61.6 Å². The predicted octanol–water partition coefficient (Wildman–Crippen LogP) is 4.44. The summed E-state index contributed by atoms with van der Waals surface area (Å²) in [5.74, 6) is 0.951. The molecule has 2 aromatic carbocycles. The van der Waals surface area contributed by atoms with Gasteiger partial charge in [0.05, 0.1) is 41.6 Å². The minimum atomic E-state index is -0.281. The summed E-state index contributed by atoms with van der Waals surface area (Å²) < 4.78 is 7.63. The summed E-state index contributed by atoms with van der Waals surface area (Å²) in [5, 5.41) is 11.7. The van der Waals surface area contributed by atoms with Crippen molar-refractivity contribution in [3.63, 3.8) is 0 Å². The summed E-state index contributed by atoms with van der Waals surface area (Å²) in [6, 6.07) is 12.1. The number of anilines is 4. The molecule has 0 saturated carbocycles.